The van der Waals surface area contributed by atoms with Gasteiger partial charge in [-0.2, -0.15) is 0 Å². The van der Waals surface area contributed by atoms with E-state index in [1.165, 1.54) is 22.1 Å². The summed E-state index contributed by atoms with van der Waals surface area (Å²) in [5.41, 5.74) is 1.53. The molecule has 3 rings (SSSR count). The average molecular weight is 364 g/mol. The van der Waals surface area contributed by atoms with Crippen molar-refractivity contribution in [2.75, 3.05) is 13.1 Å². The van der Waals surface area contributed by atoms with Crippen LogP contribution in [0.3, 0.4) is 0 Å². The minimum absolute atomic E-state index is 0.245. The van der Waals surface area contributed by atoms with Crippen LogP contribution in [0.25, 0.3) is 0 Å². The predicted octanol–water partition coefficient (Wildman–Crippen LogP) is 3.43. The Kier molecular flexibility index (Phi) is 4.91. The fourth-order valence-corrected chi connectivity index (χ4v) is 5.06. The van der Waals surface area contributed by atoms with Crippen LogP contribution >= 0.6 is 11.8 Å². The standard InChI is InChI=1S/C17H17FN2O2S2/c1-13-6-8-15(9-7-13)24(21,22)20-11-10-19-17(20)23-12-14-4-2-3-5-16(14)18/h2-9H,10-12H2,1H3. The highest BCUT2D eigenvalue weighted by molar-refractivity contribution is 8.14. The molecule has 126 valence electrons. The van der Waals surface area contributed by atoms with Crippen molar-refractivity contribution in [2.45, 2.75) is 17.6 Å². The quantitative estimate of drug-likeness (QED) is 0.835. The summed E-state index contributed by atoms with van der Waals surface area (Å²) in [6, 6.07) is 13.2. The fourth-order valence-electron chi connectivity index (χ4n) is 2.35. The Bertz CT molecular complexity index is 864. The lowest BCUT2D eigenvalue weighted by Gasteiger charge is -2.20. The maximum absolute atomic E-state index is 13.7. The zero-order valence-electron chi connectivity index (χ0n) is 13.1. The number of thioether (sulfide) groups is 1. The van der Waals surface area contributed by atoms with Gasteiger partial charge in [-0.3, -0.25) is 4.99 Å². The van der Waals surface area contributed by atoms with E-state index in [0.29, 0.717) is 29.6 Å². The smallest absolute Gasteiger partial charge is 0.260 e. The lowest BCUT2D eigenvalue weighted by molar-refractivity contribution is 0.540. The van der Waals surface area contributed by atoms with Crippen LogP contribution in [0.4, 0.5) is 4.39 Å². The Balaban J connectivity index is 1.78. The molecule has 0 spiro atoms. The van der Waals surface area contributed by atoms with Crippen molar-refractivity contribution in [2.24, 2.45) is 4.99 Å². The first-order chi connectivity index (χ1) is 11.5. The average Bonchev–Trinajstić information content (AvgIpc) is 3.04. The van der Waals surface area contributed by atoms with Gasteiger partial charge in [-0.1, -0.05) is 47.7 Å². The van der Waals surface area contributed by atoms with E-state index in [2.05, 4.69) is 4.99 Å². The van der Waals surface area contributed by atoms with Crippen LogP contribution in [-0.4, -0.2) is 31.0 Å². The number of amidine groups is 1. The van der Waals surface area contributed by atoms with Crippen LogP contribution in [0.1, 0.15) is 11.1 Å². The first-order valence-corrected chi connectivity index (χ1v) is 9.91. The lowest BCUT2D eigenvalue weighted by atomic mass is 10.2. The van der Waals surface area contributed by atoms with Crippen molar-refractivity contribution in [1.82, 2.24) is 4.31 Å². The Hall–Kier alpha value is -1.86. The third-order valence-corrected chi connectivity index (χ3v) is 6.67. The molecule has 0 N–H and O–H groups in total. The van der Waals surface area contributed by atoms with E-state index in [-0.39, 0.29) is 10.7 Å². The van der Waals surface area contributed by atoms with Crippen molar-refractivity contribution in [3.8, 4) is 0 Å². The molecule has 0 unspecified atom stereocenters. The van der Waals surface area contributed by atoms with E-state index in [1.54, 1.807) is 42.5 Å². The summed E-state index contributed by atoms with van der Waals surface area (Å²) >= 11 is 1.24. The van der Waals surface area contributed by atoms with Crippen LogP contribution in [0, 0.1) is 12.7 Å². The van der Waals surface area contributed by atoms with E-state index in [4.69, 9.17) is 0 Å². The van der Waals surface area contributed by atoms with E-state index in [9.17, 15) is 12.8 Å². The zero-order chi connectivity index (χ0) is 17.2. The summed E-state index contributed by atoms with van der Waals surface area (Å²) in [6.07, 6.45) is 0. The highest BCUT2D eigenvalue weighted by Gasteiger charge is 2.30. The second kappa shape index (κ2) is 6.94. The molecular formula is C17H17FN2O2S2. The molecule has 0 saturated carbocycles. The molecule has 0 atom stereocenters. The minimum Gasteiger partial charge on any atom is -0.260 e. The number of hydrogen-bond donors (Lipinski definition) is 0. The number of aliphatic imine (C=N–C) groups is 1. The summed E-state index contributed by atoms with van der Waals surface area (Å²) in [5, 5.41) is 0.416. The monoisotopic (exact) mass is 364 g/mol. The summed E-state index contributed by atoms with van der Waals surface area (Å²) in [7, 11) is -3.63. The molecule has 0 fully saturated rings. The van der Waals surface area contributed by atoms with Crippen LogP contribution in [0.5, 0.6) is 0 Å². The first-order valence-electron chi connectivity index (χ1n) is 7.48. The van der Waals surface area contributed by atoms with Gasteiger partial charge in [0.15, 0.2) is 5.17 Å². The van der Waals surface area contributed by atoms with E-state index < -0.39 is 10.0 Å². The highest BCUT2D eigenvalue weighted by atomic mass is 32.2. The molecule has 2 aromatic carbocycles. The molecule has 1 aliphatic rings. The Morgan fingerprint density at radius 1 is 1.17 bits per heavy atom. The van der Waals surface area contributed by atoms with Gasteiger partial charge in [0.2, 0.25) is 0 Å². The number of benzene rings is 2. The summed E-state index contributed by atoms with van der Waals surface area (Å²) in [4.78, 5) is 4.52. The molecule has 1 aliphatic heterocycles. The largest absolute Gasteiger partial charge is 0.265 e. The van der Waals surface area contributed by atoms with Crippen LogP contribution in [0.2, 0.25) is 0 Å². The lowest BCUT2D eigenvalue weighted by Crippen LogP contribution is -2.32. The molecule has 0 radical (unpaired) electrons. The normalized spacial score (nSPS) is 14.8. The zero-order valence-corrected chi connectivity index (χ0v) is 14.8. The summed E-state index contributed by atoms with van der Waals surface area (Å²) < 4.78 is 40.6. The van der Waals surface area contributed by atoms with Gasteiger partial charge < -0.3 is 0 Å². The van der Waals surface area contributed by atoms with E-state index in [0.717, 1.165) is 5.56 Å². The molecule has 24 heavy (non-hydrogen) atoms. The van der Waals surface area contributed by atoms with Crippen molar-refractivity contribution >= 4 is 27.0 Å². The van der Waals surface area contributed by atoms with Gasteiger partial charge >= 0.3 is 0 Å². The van der Waals surface area contributed by atoms with Crippen molar-refractivity contribution in [1.29, 1.82) is 0 Å². The number of rotatable bonds is 4. The molecule has 0 amide bonds. The SMILES string of the molecule is Cc1ccc(S(=O)(=O)N2CCN=C2SCc2ccccc2F)cc1. The second-order valence-corrected chi connectivity index (χ2v) is 8.24. The Morgan fingerprint density at radius 3 is 2.58 bits per heavy atom. The first kappa shape index (κ1) is 17.0. The molecule has 1 heterocycles. The molecule has 0 aliphatic carbocycles. The third kappa shape index (κ3) is 3.47. The third-order valence-electron chi connectivity index (χ3n) is 3.69. The molecule has 0 bridgehead atoms. The number of aryl methyl sites for hydroxylation is 1. The van der Waals surface area contributed by atoms with Gasteiger partial charge in [0.25, 0.3) is 10.0 Å². The maximum atomic E-state index is 13.7. The summed E-state index contributed by atoms with van der Waals surface area (Å²) in [5.74, 6) is 0.0438. The molecule has 0 saturated heterocycles. The molecule has 0 aromatic heterocycles. The topological polar surface area (TPSA) is 49.7 Å². The fraction of sp³-hybridized carbons (Fsp3) is 0.235. The molecular weight excluding hydrogens is 347 g/mol. The second-order valence-electron chi connectivity index (χ2n) is 5.43. The van der Waals surface area contributed by atoms with Gasteiger partial charge in [0, 0.05) is 5.75 Å². The number of nitrogens with zero attached hydrogens (tertiary/aromatic N) is 2. The van der Waals surface area contributed by atoms with Crippen LogP contribution < -0.4 is 0 Å². The Labute approximate surface area is 145 Å². The molecule has 4 nitrogen and oxygen atoms in total. The van der Waals surface area contributed by atoms with Gasteiger partial charge in [-0.25, -0.2) is 17.1 Å². The van der Waals surface area contributed by atoms with Crippen molar-refractivity contribution < 1.29 is 12.8 Å². The van der Waals surface area contributed by atoms with Crippen molar-refractivity contribution in [3.63, 3.8) is 0 Å². The maximum Gasteiger partial charge on any atom is 0.265 e. The predicted molar refractivity (Wildman–Crippen MR) is 95.1 cm³/mol. The van der Waals surface area contributed by atoms with Gasteiger partial charge in [-0.15, -0.1) is 0 Å². The van der Waals surface area contributed by atoms with Crippen LogP contribution in [-0.2, 0) is 15.8 Å². The number of halogens is 1. The van der Waals surface area contributed by atoms with E-state index >= 15 is 0 Å². The number of sulfonamides is 1. The van der Waals surface area contributed by atoms with Gasteiger partial charge in [-0.05, 0) is 30.7 Å². The minimum atomic E-state index is -3.63. The van der Waals surface area contributed by atoms with Gasteiger partial charge in [0.1, 0.15) is 5.82 Å². The van der Waals surface area contributed by atoms with Crippen molar-refractivity contribution in [3.05, 3.63) is 65.5 Å². The molecule has 7 heteroatoms. The number of hydrogen-bond acceptors (Lipinski definition) is 4. The molecule has 2 aromatic rings. The highest BCUT2D eigenvalue weighted by Crippen LogP contribution is 2.26. The van der Waals surface area contributed by atoms with Crippen LogP contribution in [0.15, 0.2) is 58.4 Å². The van der Waals surface area contributed by atoms with E-state index in [1.807, 2.05) is 6.92 Å². The Morgan fingerprint density at radius 2 is 1.88 bits per heavy atom. The van der Waals surface area contributed by atoms with Gasteiger partial charge in [0.05, 0.1) is 18.0 Å². The summed E-state index contributed by atoms with van der Waals surface area (Å²) in [6.45, 7) is 2.64.